The molecule has 3 heteroatoms. The summed E-state index contributed by atoms with van der Waals surface area (Å²) in [5.74, 6) is 0.498. The van der Waals surface area contributed by atoms with E-state index in [1.54, 1.807) is 0 Å². The lowest BCUT2D eigenvalue weighted by atomic mass is 9.74. The molecule has 2 aromatic rings. The van der Waals surface area contributed by atoms with Crippen LogP contribution in [0.5, 0.6) is 0 Å². The first-order chi connectivity index (χ1) is 13.2. The van der Waals surface area contributed by atoms with Crippen LogP contribution in [0.15, 0.2) is 54.6 Å². The van der Waals surface area contributed by atoms with Gasteiger partial charge in [-0.15, -0.1) is 0 Å². The summed E-state index contributed by atoms with van der Waals surface area (Å²) in [6.07, 6.45) is 5.44. The van der Waals surface area contributed by atoms with Crippen molar-refractivity contribution in [3.05, 3.63) is 70.7 Å². The Morgan fingerprint density at radius 3 is 2.37 bits per heavy atom. The van der Waals surface area contributed by atoms with E-state index in [9.17, 15) is 5.26 Å². The molecule has 0 saturated heterocycles. The van der Waals surface area contributed by atoms with Crippen LogP contribution in [0.1, 0.15) is 50.2 Å². The molecule has 142 valence electrons. The fraction of sp³-hybridized carbons (Fsp3) is 0.458. The van der Waals surface area contributed by atoms with Crippen molar-refractivity contribution < 1.29 is 0 Å². The van der Waals surface area contributed by atoms with E-state index in [0.29, 0.717) is 5.92 Å². The fourth-order valence-corrected chi connectivity index (χ4v) is 4.25. The van der Waals surface area contributed by atoms with Crippen LogP contribution < -0.4 is 0 Å². The molecule has 0 heterocycles. The van der Waals surface area contributed by atoms with Gasteiger partial charge in [0.2, 0.25) is 0 Å². The molecule has 0 bridgehead atoms. The van der Waals surface area contributed by atoms with Crippen LogP contribution in [-0.4, -0.2) is 18.0 Å². The Morgan fingerprint density at radius 2 is 1.78 bits per heavy atom. The summed E-state index contributed by atoms with van der Waals surface area (Å²) >= 11 is 6.07. The Morgan fingerprint density at radius 1 is 1.07 bits per heavy atom. The van der Waals surface area contributed by atoms with Gasteiger partial charge in [0.15, 0.2) is 0 Å². The van der Waals surface area contributed by atoms with Gasteiger partial charge in [0.1, 0.15) is 0 Å². The lowest BCUT2D eigenvalue weighted by Crippen LogP contribution is -2.30. The Kier molecular flexibility index (Phi) is 6.94. The summed E-state index contributed by atoms with van der Waals surface area (Å²) in [5, 5.41) is 10.9. The van der Waals surface area contributed by atoms with Crippen LogP contribution in [0.25, 0.3) is 0 Å². The predicted molar refractivity (Wildman–Crippen MR) is 113 cm³/mol. The molecule has 3 rings (SSSR count). The highest BCUT2D eigenvalue weighted by atomic mass is 35.5. The second-order valence-electron chi connectivity index (χ2n) is 7.73. The van der Waals surface area contributed by atoms with Gasteiger partial charge in [0, 0.05) is 11.6 Å². The zero-order chi connectivity index (χ0) is 19.1. The second kappa shape index (κ2) is 9.40. The molecule has 1 saturated carbocycles. The maximum Gasteiger partial charge on any atom is 0.0850 e. The van der Waals surface area contributed by atoms with Gasteiger partial charge in [0.25, 0.3) is 0 Å². The van der Waals surface area contributed by atoms with Crippen LogP contribution in [0.2, 0.25) is 5.02 Å². The molecule has 2 aromatic carbocycles. The van der Waals surface area contributed by atoms with Crippen molar-refractivity contribution >= 4 is 11.6 Å². The third kappa shape index (κ3) is 5.12. The summed E-state index contributed by atoms with van der Waals surface area (Å²) in [6, 6.07) is 21.3. The maximum absolute atomic E-state index is 10.1. The monoisotopic (exact) mass is 380 g/mol. The Hall–Kier alpha value is -1.82. The first-order valence-electron chi connectivity index (χ1n) is 10.1. The van der Waals surface area contributed by atoms with E-state index >= 15 is 0 Å². The summed E-state index contributed by atoms with van der Waals surface area (Å²) < 4.78 is 0. The summed E-state index contributed by atoms with van der Waals surface area (Å²) in [7, 11) is 0. The maximum atomic E-state index is 10.1. The van der Waals surface area contributed by atoms with Gasteiger partial charge in [-0.1, -0.05) is 61.0 Å². The molecule has 0 aromatic heterocycles. The lowest BCUT2D eigenvalue weighted by molar-refractivity contribution is 0.250. The highest BCUT2D eigenvalue weighted by Gasteiger charge is 2.46. The van der Waals surface area contributed by atoms with Crippen molar-refractivity contribution in [1.29, 1.82) is 5.26 Å². The third-order valence-electron chi connectivity index (χ3n) is 5.67. The van der Waals surface area contributed by atoms with Crippen molar-refractivity contribution in [1.82, 2.24) is 4.90 Å². The molecule has 27 heavy (non-hydrogen) atoms. The van der Waals surface area contributed by atoms with Crippen LogP contribution in [0, 0.1) is 17.2 Å². The zero-order valence-corrected chi connectivity index (χ0v) is 17.0. The van der Waals surface area contributed by atoms with Crippen molar-refractivity contribution in [3.63, 3.8) is 0 Å². The number of nitrogens with zero attached hydrogens (tertiary/aromatic N) is 2. The molecule has 0 N–H and O–H groups in total. The Balaban J connectivity index is 1.66. The summed E-state index contributed by atoms with van der Waals surface area (Å²) in [5.41, 5.74) is 2.15. The molecular weight excluding hydrogens is 352 g/mol. The molecular formula is C24H29ClN2. The van der Waals surface area contributed by atoms with E-state index < -0.39 is 0 Å². The normalized spacial score (nSPS) is 16.1. The average molecular weight is 381 g/mol. The standard InChI is InChI=1S/C24H29ClN2/c1-2-16-27(18-20-7-4-3-5-8-20)17-6-15-24(19-26,21-9-10-21)22-11-13-23(25)14-12-22/h3-5,7-8,11-14,21H,2,6,9-10,15-18H2,1H3. The van der Waals surface area contributed by atoms with E-state index in [0.717, 1.165) is 49.5 Å². The average Bonchev–Trinajstić information content (AvgIpc) is 3.53. The Labute approximate surface area is 168 Å². The SMILES string of the molecule is CCCN(CCCC(C#N)(c1ccc(Cl)cc1)C1CC1)Cc1ccccc1. The second-order valence-corrected chi connectivity index (χ2v) is 8.17. The zero-order valence-electron chi connectivity index (χ0n) is 16.2. The largest absolute Gasteiger partial charge is 0.299 e. The first kappa shape index (κ1) is 19.9. The number of hydrogen-bond donors (Lipinski definition) is 0. The number of benzene rings is 2. The van der Waals surface area contributed by atoms with Gasteiger partial charge < -0.3 is 0 Å². The van der Waals surface area contributed by atoms with Crippen LogP contribution in [0.4, 0.5) is 0 Å². The molecule has 0 aliphatic heterocycles. The van der Waals surface area contributed by atoms with Gasteiger partial charge in [-0.25, -0.2) is 0 Å². The van der Waals surface area contributed by atoms with Crippen LogP contribution in [-0.2, 0) is 12.0 Å². The fourth-order valence-electron chi connectivity index (χ4n) is 4.13. The van der Waals surface area contributed by atoms with E-state index in [1.807, 2.05) is 12.1 Å². The van der Waals surface area contributed by atoms with E-state index in [4.69, 9.17) is 11.6 Å². The topological polar surface area (TPSA) is 27.0 Å². The van der Waals surface area contributed by atoms with Crippen LogP contribution >= 0.6 is 11.6 Å². The minimum Gasteiger partial charge on any atom is -0.299 e. The smallest absolute Gasteiger partial charge is 0.0850 e. The molecule has 1 atom stereocenters. The number of nitriles is 1. The van der Waals surface area contributed by atoms with E-state index in [1.165, 1.54) is 18.4 Å². The lowest BCUT2D eigenvalue weighted by Gasteiger charge is -2.29. The highest BCUT2D eigenvalue weighted by molar-refractivity contribution is 6.30. The number of rotatable bonds is 10. The van der Waals surface area contributed by atoms with Crippen molar-refractivity contribution in [3.8, 4) is 6.07 Å². The minimum absolute atomic E-state index is 0.352. The van der Waals surface area contributed by atoms with E-state index in [2.05, 4.69) is 60.4 Å². The molecule has 1 unspecified atom stereocenters. The quantitative estimate of drug-likeness (QED) is 0.490. The highest BCUT2D eigenvalue weighted by Crippen LogP contribution is 2.50. The van der Waals surface area contributed by atoms with Gasteiger partial charge in [-0.05, 0) is 74.4 Å². The third-order valence-corrected chi connectivity index (χ3v) is 5.92. The first-order valence-corrected chi connectivity index (χ1v) is 10.5. The van der Waals surface area contributed by atoms with Gasteiger partial charge >= 0.3 is 0 Å². The van der Waals surface area contributed by atoms with Crippen LogP contribution in [0.3, 0.4) is 0 Å². The molecule has 1 aliphatic carbocycles. The van der Waals surface area contributed by atoms with Gasteiger partial charge in [0.05, 0.1) is 11.5 Å². The summed E-state index contributed by atoms with van der Waals surface area (Å²) in [6.45, 7) is 5.35. The van der Waals surface area contributed by atoms with E-state index in [-0.39, 0.29) is 5.41 Å². The number of halogens is 1. The molecule has 0 spiro atoms. The van der Waals surface area contributed by atoms with Crippen molar-refractivity contribution in [2.75, 3.05) is 13.1 Å². The minimum atomic E-state index is -0.352. The van der Waals surface area contributed by atoms with Gasteiger partial charge in [-0.3, -0.25) is 4.90 Å². The van der Waals surface area contributed by atoms with Crippen molar-refractivity contribution in [2.24, 2.45) is 5.92 Å². The predicted octanol–water partition coefficient (Wildman–Crippen LogP) is 6.20. The molecule has 1 aliphatic rings. The Bertz CT molecular complexity index is 746. The molecule has 1 fully saturated rings. The van der Waals surface area contributed by atoms with Gasteiger partial charge in [-0.2, -0.15) is 5.26 Å². The van der Waals surface area contributed by atoms with Crippen molar-refractivity contribution in [2.45, 2.75) is 51.0 Å². The summed E-state index contributed by atoms with van der Waals surface area (Å²) in [4.78, 5) is 2.52. The molecule has 0 amide bonds. The number of hydrogen-bond acceptors (Lipinski definition) is 2. The molecule has 2 nitrogen and oxygen atoms in total. The molecule has 0 radical (unpaired) electrons.